The summed E-state index contributed by atoms with van der Waals surface area (Å²) >= 11 is 0. The van der Waals surface area contributed by atoms with Crippen molar-refractivity contribution in [2.75, 3.05) is 0 Å². The van der Waals surface area contributed by atoms with Crippen molar-refractivity contribution < 1.29 is 14.9 Å². The van der Waals surface area contributed by atoms with Gasteiger partial charge in [0.2, 0.25) is 0 Å². The Morgan fingerprint density at radius 2 is 1.70 bits per heavy atom. The largest absolute Gasteiger partial charge is 0.393 e. The fourth-order valence-electron chi connectivity index (χ4n) is 9.71. The Balaban J connectivity index is 1.37. The Hall–Kier alpha value is -0.120. The maximum absolute atomic E-state index is 11.4. The molecule has 0 aromatic carbocycles. The summed E-state index contributed by atoms with van der Waals surface area (Å²) in [6.07, 6.45) is 11.8. The molecule has 2 N–H and O–H groups in total. The van der Waals surface area contributed by atoms with Crippen LogP contribution in [0.5, 0.6) is 0 Å². The first kappa shape index (κ1) is 21.7. The third kappa shape index (κ3) is 3.00. The zero-order chi connectivity index (χ0) is 21.5. The molecule has 4 saturated carbocycles. The number of aliphatic hydroxyl groups is 2. The molecule has 3 nitrogen and oxygen atoms in total. The van der Waals surface area contributed by atoms with Gasteiger partial charge in [0.1, 0.15) is 0 Å². The number of hydrogen-bond acceptors (Lipinski definition) is 3. The molecule has 4 unspecified atom stereocenters. The minimum absolute atomic E-state index is 0.0583. The van der Waals surface area contributed by atoms with E-state index in [0.717, 1.165) is 49.4 Å². The summed E-state index contributed by atoms with van der Waals surface area (Å²) in [6.45, 7) is 11.9. The molecule has 1 heterocycles. The van der Waals surface area contributed by atoms with Crippen molar-refractivity contribution in [1.29, 1.82) is 0 Å². The molecule has 1 aliphatic heterocycles. The fraction of sp³-hybridized carbons (Fsp3) is 1.00. The average Bonchev–Trinajstić information content (AvgIpc) is 3.11. The lowest BCUT2D eigenvalue weighted by atomic mass is 9.44. The smallest absolute Gasteiger partial charge is 0.168 e. The van der Waals surface area contributed by atoms with Crippen molar-refractivity contribution in [1.82, 2.24) is 0 Å². The van der Waals surface area contributed by atoms with Crippen molar-refractivity contribution in [3.8, 4) is 0 Å². The first-order valence-electron chi connectivity index (χ1n) is 13.2. The van der Waals surface area contributed by atoms with E-state index in [1.54, 1.807) is 0 Å². The molecule has 0 aromatic heterocycles. The van der Waals surface area contributed by atoms with Crippen LogP contribution in [0.15, 0.2) is 0 Å². The normalized spacial score (nSPS) is 57.6. The first-order valence-corrected chi connectivity index (χ1v) is 13.2. The lowest BCUT2D eigenvalue weighted by Gasteiger charge is -2.61. The van der Waals surface area contributed by atoms with Gasteiger partial charge in [-0.15, -0.1) is 0 Å². The van der Waals surface area contributed by atoms with Gasteiger partial charge in [-0.2, -0.15) is 0 Å². The molecule has 0 radical (unpaired) electrons. The molecular formula is C27H46O3. The minimum Gasteiger partial charge on any atom is -0.393 e. The van der Waals surface area contributed by atoms with Gasteiger partial charge in [0.25, 0.3) is 0 Å². The monoisotopic (exact) mass is 418 g/mol. The van der Waals surface area contributed by atoms with Crippen molar-refractivity contribution >= 4 is 0 Å². The number of aliphatic hydroxyl groups excluding tert-OH is 1. The SMILES string of the molecule is CC(C)CC[C@@]1(O)O[C@H]2CC3C4CC[C@@H]5C[C@@H](O)CC[C@]5(C)C4CC[C@]3(C)C2[C@@H]1C. The van der Waals surface area contributed by atoms with E-state index in [-0.39, 0.29) is 18.1 Å². The second-order valence-corrected chi connectivity index (χ2v) is 13.1. The third-order valence-electron chi connectivity index (χ3n) is 11.4. The number of ether oxygens (including phenoxy) is 1. The second-order valence-electron chi connectivity index (χ2n) is 13.1. The van der Waals surface area contributed by atoms with Crippen LogP contribution in [0, 0.1) is 52.3 Å². The minimum atomic E-state index is -0.909. The molecule has 172 valence electrons. The van der Waals surface area contributed by atoms with Crippen LogP contribution in [0.25, 0.3) is 0 Å². The predicted octanol–water partition coefficient (Wildman–Crippen LogP) is 5.78. The van der Waals surface area contributed by atoms with Crippen LogP contribution >= 0.6 is 0 Å². The Morgan fingerprint density at radius 3 is 2.43 bits per heavy atom. The van der Waals surface area contributed by atoms with Crippen LogP contribution in [-0.2, 0) is 4.74 Å². The van der Waals surface area contributed by atoms with E-state index >= 15 is 0 Å². The Labute approximate surface area is 184 Å². The van der Waals surface area contributed by atoms with E-state index in [4.69, 9.17) is 4.74 Å². The molecule has 0 amide bonds. The summed E-state index contributed by atoms with van der Waals surface area (Å²) < 4.78 is 6.54. The lowest BCUT2D eigenvalue weighted by molar-refractivity contribution is -0.221. The van der Waals surface area contributed by atoms with Gasteiger partial charge < -0.3 is 14.9 Å². The van der Waals surface area contributed by atoms with Gasteiger partial charge in [-0.25, -0.2) is 0 Å². The van der Waals surface area contributed by atoms with Gasteiger partial charge in [-0.3, -0.25) is 0 Å². The quantitative estimate of drug-likeness (QED) is 0.611. The zero-order valence-electron chi connectivity index (χ0n) is 20.1. The van der Waals surface area contributed by atoms with E-state index < -0.39 is 5.79 Å². The summed E-state index contributed by atoms with van der Waals surface area (Å²) in [5.41, 5.74) is 0.761. The number of hydrogen-bond donors (Lipinski definition) is 2. The molecule has 5 rings (SSSR count). The molecule has 11 atom stereocenters. The van der Waals surface area contributed by atoms with Gasteiger partial charge >= 0.3 is 0 Å². The standard InChI is InChI=1S/C27H46O3/c1-16(2)8-13-27(29)17(3)24-23(30-27)15-22-20-7-6-18-14-19(28)9-11-25(18,4)21(20)10-12-26(22,24)5/h16-24,28-29H,6-15H2,1-5H3/t17-,18+,19-,20?,21?,22?,23-,24?,25-,26-,27+/m0/s1. The van der Waals surface area contributed by atoms with Crippen molar-refractivity contribution in [3.63, 3.8) is 0 Å². The van der Waals surface area contributed by atoms with E-state index in [0.29, 0.717) is 22.7 Å². The molecule has 0 aromatic rings. The maximum Gasteiger partial charge on any atom is 0.168 e. The zero-order valence-corrected chi connectivity index (χ0v) is 20.1. The van der Waals surface area contributed by atoms with E-state index in [1.807, 2.05) is 0 Å². The second kappa shape index (κ2) is 7.19. The van der Waals surface area contributed by atoms with Gasteiger partial charge in [0.15, 0.2) is 5.79 Å². The van der Waals surface area contributed by atoms with E-state index in [9.17, 15) is 10.2 Å². The van der Waals surface area contributed by atoms with E-state index in [1.165, 1.54) is 38.5 Å². The molecule has 30 heavy (non-hydrogen) atoms. The van der Waals surface area contributed by atoms with Crippen molar-refractivity contribution in [3.05, 3.63) is 0 Å². The average molecular weight is 419 g/mol. The highest BCUT2D eigenvalue weighted by atomic mass is 16.6. The first-order chi connectivity index (χ1) is 14.1. The topological polar surface area (TPSA) is 49.7 Å². The van der Waals surface area contributed by atoms with Crippen molar-refractivity contribution in [2.24, 2.45) is 52.3 Å². The summed E-state index contributed by atoms with van der Waals surface area (Å²) in [5.74, 6) is 3.59. The third-order valence-corrected chi connectivity index (χ3v) is 11.4. The summed E-state index contributed by atoms with van der Waals surface area (Å²) in [4.78, 5) is 0. The van der Waals surface area contributed by atoms with Crippen LogP contribution in [0.4, 0.5) is 0 Å². The molecule has 0 bridgehead atoms. The van der Waals surface area contributed by atoms with Crippen LogP contribution < -0.4 is 0 Å². The van der Waals surface area contributed by atoms with E-state index in [2.05, 4.69) is 34.6 Å². The lowest BCUT2D eigenvalue weighted by Crippen LogP contribution is -2.54. The van der Waals surface area contributed by atoms with Gasteiger partial charge in [-0.05, 0) is 104 Å². The van der Waals surface area contributed by atoms with Crippen LogP contribution in [0.3, 0.4) is 0 Å². The Bertz CT molecular complexity index is 662. The molecule has 4 aliphatic carbocycles. The predicted molar refractivity (Wildman–Crippen MR) is 120 cm³/mol. The fourth-order valence-corrected chi connectivity index (χ4v) is 9.71. The van der Waals surface area contributed by atoms with Crippen LogP contribution in [0.1, 0.15) is 98.8 Å². The molecular weight excluding hydrogens is 372 g/mol. The molecule has 5 fully saturated rings. The summed E-state index contributed by atoms with van der Waals surface area (Å²) in [5, 5.41) is 21.7. The molecule has 3 heteroatoms. The van der Waals surface area contributed by atoms with Gasteiger partial charge in [0.05, 0.1) is 12.2 Å². The molecule has 5 aliphatic rings. The van der Waals surface area contributed by atoms with Crippen molar-refractivity contribution in [2.45, 2.75) is 117 Å². The van der Waals surface area contributed by atoms with Crippen LogP contribution in [0.2, 0.25) is 0 Å². The highest BCUT2D eigenvalue weighted by Crippen LogP contribution is 2.70. The number of fused-ring (bicyclic) bond motifs is 7. The maximum atomic E-state index is 11.4. The Kier molecular flexibility index (Phi) is 5.20. The Morgan fingerprint density at radius 1 is 0.967 bits per heavy atom. The molecule has 0 spiro atoms. The molecule has 1 saturated heterocycles. The van der Waals surface area contributed by atoms with Gasteiger partial charge in [-0.1, -0.05) is 34.6 Å². The summed E-state index contributed by atoms with van der Waals surface area (Å²) in [6, 6.07) is 0. The highest BCUT2D eigenvalue weighted by molar-refractivity contribution is 5.14. The number of rotatable bonds is 3. The summed E-state index contributed by atoms with van der Waals surface area (Å²) in [7, 11) is 0. The highest BCUT2D eigenvalue weighted by Gasteiger charge is 2.68. The van der Waals surface area contributed by atoms with Gasteiger partial charge in [0, 0.05) is 12.3 Å². The van der Waals surface area contributed by atoms with Crippen LogP contribution in [-0.4, -0.2) is 28.2 Å².